The molecule has 1 rings (SSSR count). The molecule has 0 aromatic heterocycles. The van der Waals surface area contributed by atoms with Crippen LogP contribution >= 0.6 is 23.2 Å². The van der Waals surface area contributed by atoms with Crippen LogP contribution in [0.5, 0.6) is 0 Å². The third-order valence-corrected chi connectivity index (χ3v) is 6.32. The minimum absolute atomic E-state index is 0.0367. The van der Waals surface area contributed by atoms with Crippen LogP contribution in [-0.2, 0) is 14.8 Å². The Labute approximate surface area is 141 Å². The van der Waals surface area contributed by atoms with Gasteiger partial charge >= 0.3 is 0 Å². The molecule has 1 N–H and O–H groups in total. The lowest BCUT2D eigenvalue weighted by Crippen LogP contribution is -2.40. The number of hydrogen-bond acceptors (Lipinski definition) is 3. The van der Waals surface area contributed by atoms with Crippen LogP contribution in [0.1, 0.15) is 25.0 Å². The fourth-order valence-corrected chi connectivity index (χ4v) is 4.60. The molecule has 0 unspecified atom stereocenters. The van der Waals surface area contributed by atoms with E-state index in [-0.39, 0.29) is 28.9 Å². The molecule has 0 spiro atoms. The molecule has 0 fully saturated rings. The fourth-order valence-electron chi connectivity index (χ4n) is 2.03. The Balaban J connectivity index is 3.37. The number of halogens is 2. The summed E-state index contributed by atoms with van der Waals surface area (Å²) in [5, 5.41) is 3.05. The molecular weight excluding hydrogens is 347 g/mol. The van der Waals surface area contributed by atoms with Crippen molar-refractivity contribution in [1.82, 2.24) is 9.62 Å². The van der Waals surface area contributed by atoms with E-state index >= 15 is 0 Å². The molecule has 0 aliphatic heterocycles. The van der Waals surface area contributed by atoms with Gasteiger partial charge in [-0.1, -0.05) is 30.1 Å². The largest absolute Gasteiger partial charge is 0.355 e. The van der Waals surface area contributed by atoms with Crippen LogP contribution in [0.4, 0.5) is 0 Å². The average Bonchev–Trinajstić information content (AvgIpc) is 2.42. The number of likely N-dealkylation sites (N-methyl/N-ethyl adjacent to an activating group) is 2. The summed E-state index contributed by atoms with van der Waals surface area (Å²) in [7, 11) is -3.91. The lowest BCUT2D eigenvalue weighted by atomic mass is 10.2. The molecule has 1 amide bonds. The van der Waals surface area contributed by atoms with Crippen molar-refractivity contribution < 1.29 is 13.2 Å². The Kier molecular flexibility index (Phi) is 6.67. The predicted octanol–water partition coefficient (Wildman–Crippen LogP) is 2.76. The highest BCUT2D eigenvalue weighted by Crippen LogP contribution is 2.35. The highest BCUT2D eigenvalue weighted by atomic mass is 35.5. The molecule has 1 aromatic rings. The smallest absolute Gasteiger partial charge is 0.245 e. The number of carbonyl (C=O) groups is 1. The van der Waals surface area contributed by atoms with Crippen LogP contribution in [0.3, 0.4) is 0 Å². The summed E-state index contributed by atoms with van der Waals surface area (Å²) in [6.07, 6.45) is 0. The maximum Gasteiger partial charge on any atom is 0.245 e. The van der Waals surface area contributed by atoms with Crippen molar-refractivity contribution in [2.45, 2.75) is 32.6 Å². The van der Waals surface area contributed by atoms with Gasteiger partial charge in [0.05, 0.1) is 11.6 Å². The molecule has 0 heterocycles. The minimum atomic E-state index is -3.91. The van der Waals surface area contributed by atoms with Crippen molar-refractivity contribution in [1.29, 1.82) is 0 Å². The second-order valence-electron chi connectivity index (χ2n) is 4.83. The number of rotatable bonds is 6. The van der Waals surface area contributed by atoms with Crippen molar-refractivity contribution in [2.75, 3.05) is 19.6 Å². The molecule has 22 heavy (non-hydrogen) atoms. The molecule has 0 saturated heterocycles. The van der Waals surface area contributed by atoms with Crippen LogP contribution in [0, 0.1) is 13.8 Å². The summed E-state index contributed by atoms with van der Waals surface area (Å²) in [4.78, 5) is 11.7. The van der Waals surface area contributed by atoms with E-state index in [1.54, 1.807) is 33.8 Å². The molecule has 0 atom stereocenters. The first-order valence-corrected chi connectivity index (χ1v) is 9.08. The number of nitrogens with one attached hydrogen (secondary N) is 1. The third kappa shape index (κ3) is 3.93. The van der Waals surface area contributed by atoms with Gasteiger partial charge in [0.15, 0.2) is 0 Å². The molecule has 0 saturated carbocycles. The highest BCUT2D eigenvalue weighted by Gasteiger charge is 2.30. The Hall–Kier alpha value is -0.820. The van der Waals surface area contributed by atoms with Crippen LogP contribution in [0.15, 0.2) is 11.0 Å². The topological polar surface area (TPSA) is 66.5 Å². The van der Waals surface area contributed by atoms with E-state index in [1.807, 2.05) is 0 Å². The van der Waals surface area contributed by atoms with Gasteiger partial charge in [0, 0.05) is 18.1 Å². The van der Waals surface area contributed by atoms with Crippen molar-refractivity contribution in [3.05, 3.63) is 27.2 Å². The lowest BCUT2D eigenvalue weighted by Gasteiger charge is -2.22. The van der Waals surface area contributed by atoms with Crippen molar-refractivity contribution in [3.63, 3.8) is 0 Å². The number of aryl methyl sites for hydroxylation is 1. The summed E-state index contributed by atoms with van der Waals surface area (Å²) in [6.45, 7) is 7.05. The van der Waals surface area contributed by atoms with Gasteiger partial charge in [-0.05, 0) is 38.0 Å². The van der Waals surface area contributed by atoms with Gasteiger partial charge < -0.3 is 5.32 Å². The lowest BCUT2D eigenvalue weighted by molar-refractivity contribution is -0.121. The molecule has 124 valence electrons. The maximum atomic E-state index is 12.9. The number of hydrogen-bond donors (Lipinski definition) is 1. The highest BCUT2D eigenvalue weighted by molar-refractivity contribution is 7.89. The zero-order valence-corrected chi connectivity index (χ0v) is 15.4. The quantitative estimate of drug-likeness (QED) is 0.841. The number of amides is 1. The Bertz CT molecular complexity index is 649. The van der Waals surface area contributed by atoms with Crippen molar-refractivity contribution in [2.24, 2.45) is 0 Å². The van der Waals surface area contributed by atoms with Gasteiger partial charge in [-0.3, -0.25) is 4.79 Å². The van der Waals surface area contributed by atoms with E-state index < -0.39 is 10.0 Å². The molecular formula is C14H20Cl2N2O3S. The first-order chi connectivity index (χ1) is 10.2. The van der Waals surface area contributed by atoms with Crippen molar-refractivity contribution >= 4 is 39.1 Å². The second kappa shape index (κ2) is 7.64. The summed E-state index contributed by atoms with van der Waals surface area (Å²) < 4.78 is 26.8. The Morgan fingerprint density at radius 1 is 1.27 bits per heavy atom. The number of carbonyl (C=O) groups excluding carboxylic acids is 1. The first kappa shape index (κ1) is 19.2. The monoisotopic (exact) mass is 366 g/mol. The number of sulfonamides is 1. The summed E-state index contributed by atoms with van der Waals surface area (Å²) in [5.74, 6) is -0.361. The first-order valence-electron chi connectivity index (χ1n) is 6.88. The molecule has 0 aliphatic rings. The van der Waals surface area contributed by atoms with Gasteiger partial charge in [-0.15, -0.1) is 0 Å². The molecule has 5 nitrogen and oxygen atoms in total. The fraction of sp³-hybridized carbons (Fsp3) is 0.500. The molecule has 0 aliphatic carbocycles. The van der Waals surface area contributed by atoms with Gasteiger partial charge in [0.1, 0.15) is 4.90 Å². The zero-order chi connectivity index (χ0) is 17.1. The van der Waals surface area contributed by atoms with E-state index in [0.29, 0.717) is 22.7 Å². The summed E-state index contributed by atoms with van der Waals surface area (Å²) in [6, 6.07) is 1.62. The van der Waals surface area contributed by atoms with Crippen LogP contribution in [0.25, 0.3) is 0 Å². The van der Waals surface area contributed by atoms with E-state index in [1.165, 1.54) is 0 Å². The Morgan fingerprint density at radius 2 is 1.86 bits per heavy atom. The second-order valence-corrected chi connectivity index (χ2v) is 7.49. The summed E-state index contributed by atoms with van der Waals surface area (Å²) in [5.41, 5.74) is 0.955. The van der Waals surface area contributed by atoms with Crippen molar-refractivity contribution in [3.8, 4) is 0 Å². The van der Waals surface area contributed by atoms with Crippen LogP contribution < -0.4 is 5.32 Å². The van der Waals surface area contributed by atoms with Gasteiger partial charge in [-0.25, -0.2) is 8.42 Å². The van der Waals surface area contributed by atoms with Gasteiger partial charge in [-0.2, -0.15) is 4.31 Å². The zero-order valence-electron chi connectivity index (χ0n) is 13.0. The molecule has 0 bridgehead atoms. The normalized spacial score (nSPS) is 11.8. The molecule has 8 heteroatoms. The van der Waals surface area contributed by atoms with E-state index in [9.17, 15) is 13.2 Å². The predicted molar refractivity (Wildman–Crippen MR) is 89.1 cm³/mol. The SMILES string of the molecule is CCNC(=O)CN(CC)S(=O)(=O)c1c(C)c(Cl)cc(C)c1Cl. The third-order valence-electron chi connectivity index (χ3n) is 3.23. The van der Waals surface area contributed by atoms with Gasteiger partial charge in [0.25, 0.3) is 0 Å². The average molecular weight is 367 g/mol. The van der Waals surface area contributed by atoms with E-state index in [4.69, 9.17) is 23.2 Å². The minimum Gasteiger partial charge on any atom is -0.355 e. The van der Waals surface area contributed by atoms with Crippen LogP contribution in [0.2, 0.25) is 10.0 Å². The molecule has 1 aromatic carbocycles. The number of benzene rings is 1. The standard InChI is InChI=1S/C14H20Cl2N2O3S/c1-5-17-12(19)8-18(6-2)22(20,21)14-10(4)11(15)7-9(3)13(14)16/h7H,5-6,8H2,1-4H3,(H,17,19). The number of nitrogens with zero attached hydrogens (tertiary/aromatic N) is 1. The molecule has 0 radical (unpaired) electrons. The van der Waals surface area contributed by atoms with E-state index in [0.717, 1.165) is 4.31 Å². The van der Waals surface area contributed by atoms with E-state index in [2.05, 4.69) is 5.32 Å². The Morgan fingerprint density at radius 3 is 2.36 bits per heavy atom. The van der Waals surface area contributed by atoms with Crippen LogP contribution in [-0.4, -0.2) is 38.3 Å². The maximum absolute atomic E-state index is 12.9. The van der Waals surface area contributed by atoms with Gasteiger partial charge in [0.2, 0.25) is 15.9 Å². The summed E-state index contributed by atoms with van der Waals surface area (Å²) >= 11 is 12.3.